The molecule has 41 heavy (non-hydrogen) atoms. The highest BCUT2D eigenvalue weighted by atomic mass is 16.6. The normalized spacial score (nSPS) is 15.5. The molecule has 1 aliphatic carbocycles. The molecule has 1 fully saturated rings. The van der Waals surface area contributed by atoms with Crippen molar-refractivity contribution < 1.29 is 19.1 Å². The Labute approximate surface area is 246 Å². The SMILES string of the molecule is CCCCN(C(=O)C(Cc1ccccc1)NC(=O)OC(C)(C)C)C(C(=O)NC1CCCCC1)c1cc(C)cc(C)c1. The minimum absolute atomic E-state index is 0.104. The van der Waals surface area contributed by atoms with Crippen molar-refractivity contribution in [3.05, 3.63) is 70.8 Å². The van der Waals surface area contributed by atoms with E-state index in [1.807, 2.05) is 56.3 Å². The van der Waals surface area contributed by atoms with Crippen LogP contribution >= 0.6 is 0 Å². The molecule has 2 N–H and O–H groups in total. The number of carbonyl (C=O) groups is 3. The number of unbranched alkanes of at least 4 members (excludes halogenated alkanes) is 1. The number of hydrogen-bond acceptors (Lipinski definition) is 4. The molecule has 0 saturated heterocycles. The number of benzene rings is 2. The van der Waals surface area contributed by atoms with Crippen molar-refractivity contribution in [2.75, 3.05) is 6.54 Å². The number of nitrogens with one attached hydrogen (secondary N) is 2. The van der Waals surface area contributed by atoms with Crippen molar-refractivity contribution in [1.82, 2.24) is 15.5 Å². The first-order chi connectivity index (χ1) is 19.5. The third-order valence-corrected chi connectivity index (χ3v) is 7.38. The van der Waals surface area contributed by atoms with Gasteiger partial charge in [0.05, 0.1) is 0 Å². The van der Waals surface area contributed by atoms with Gasteiger partial charge in [0.1, 0.15) is 17.7 Å². The van der Waals surface area contributed by atoms with Crippen LogP contribution in [0.3, 0.4) is 0 Å². The second-order valence-corrected chi connectivity index (χ2v) is 12.4. The molecule has 3 rings (SSSR count). The topological polar surface area (TPSA) is 87.7 Å². The first kappa shape index (κ1) is 32.2. The Morgan fingerprint density at radius 3 is 2.20 bits per heavy atom. The highest BCUT2D eigenvalue weighted by Gasteiger charge is 2.37. The summed E-state index contributed by atoms with van der Waals surface area (Å²) in [7, 11) is 0. The molecule has 0 bridgehead atoms. The number of aryl methyl sites for hydroxylation is 2. The Hall–Kier alpha value is -3.35. The third-order valence-electron chi connectivity index (χ3n) is 7.38. The van der Waals surface area contributed by atoms with Gasteiger partial charge in [0, 0.05) is 19.0 Å². The minimum atomic E-state index is -0.903. The van der Waals surface area contributed by atoms with E-state index in [0.717, 1.165) is 60.8 Å². The lowest BCUT2D eigenvalue weighted by Gasteiger charge is -2.36. The zero-order valence-corrected chi connectivity index (χ0v) is 25.8. The number of amides is 3. The predicted octanol–water partition coefficient (Wildman–Crippen LogP) is 6.56. The molecule has 1 aliphatic rings. The largest absolute Gasteiger partial charge is 0.444 e. The van der Waals surface area contributed by atoms with Crippen LogP contribution in [0.4, 0.5) is 4.79 Å². The quantitative estimate of drug-likeness (QED) is 0.324. The van der Waals surface area contributed by atoms with Crippen LogP contribution in [0.15, 0.2) is 48.5 Å². The van der Waals surface area contributed by atoms with Crippen LogP contribution in [0.2, 0.25) is 0 Å². The van der Waals surface area contributed by atoms with E-state index < -0.39 is 23.8 Å². The van der Waals surface area contributed by atoms with Gasteiger partial charge in [-0.25, -0.2) is 4.79 Å². The van der Waals surface area contributed by atoms with E-state index in [4.69, 9.17) is 4.74 Å². The predicted molar refractivity (Wildman–Crippen MR) is 164 cm³/mol. The first-order valence-electron chi connectivity index (χ1n) is 15.2. The second kappa shape index (κ2) is 15.0. The molecule has 7 heteroatoms. The van der Waals surface area contributed by atoms with Crippen molar-refractivity contribution in [3.63, 3.8) is 0 Å². The summed E-state index contributed by atoms with van der Waals surface area (Å²) in [5.74, 6) is -0.460. The van der Waals surface area contributed by atoms with Crippen molar-refractivity contribution in [2.24, 2.45) is 0 Å². The number of nitrogens with zero attached hydrogens (tertiary/aromatic N) is 1. The van der Waals surface area contributed by atoms with Crippen LogP contribution in [0, 0.1) is 13.8 Å². The van der Waals surface area contributed by atoms with Crippen molar-refractivity contribution in [1.29, 1.82) is 0 Å². The molecule has 2 atom stereocenters. The maximum Gasteiger partial charge on any atom is 0.408 e. The number of ether oxygens (including phenoxy) is 1. The van der Waals surface area contributed by atoms with Crippen LogP contribution in [0.25, 0.3) is 0 Å². The van der Waals surface area contributed by atoms with Crippen LogP contribution in [-0.2, 0) is 20.7 Å². The molecule has 3 amide bonds. The fourth-order valence-corrected chi connectivity index (χ4v) is 5.56. The number of hydrogen-bond donors (Lipinski definition) is 2. The molecule has 1 saturated carbocycles. The molecular formula is C34H49N3O4. The smallest absolute Gasteiger partial charge is 0.408 e. The summed E-state index contributed by atoms with van der Waals surface area (Å²) in [6.07, 6.45) is 6.49. The Morgan fingerprint density at radius 1 is 0.976 bits per heavy atom. The lowest BCUT2D eigenvalue weighted by molar-refractivity contribution is -0.143. The van der Waals surface area contributed by atoms with Gasteiger partial charge >= 0.3 is 6.09 Å². The van der Waals surface area contributed by atoms with Gasteiger partial charge in [-0.1, -0.05) is 92.3 Å². The van der Waals surface area contributed by atoms with Gasteiger partial charge in [-0.15, -0.1) is 0 Å². The maximum atomic E-state index is 14.5. The number of rotatable bonds is 11. The van der Waals surface area contributed by atoms with Gasteiger partial charge in [-0.05, 0) is 65.0 Å². The van der Waals surface area contributed by atoms with Gasteiger partial charge in [0.2, 0.25) is 11.8 Å². The van der Waals surface area contributed by atoms with Crippen LogP contribution in [0.1, 0.15) is 101 Å². The lowest BCUT2D eigenvalue weighted by atomic mass is 9.93. The van der Waals surface area contributed by atoms with E-state index in [0.29, 0.717) is 6.54 Å². The van der Waals surface area contributed by atoms with Crippen LogP contribution < -0.4 is 10.6 Å². The van der Waals surface area contributed by atoms with E-state index in [9.17, 15) is 14.4 Å². The van der Waals surface area contributed by atoms with Gasteiger partial charge in [-0.2, -0.15) is 0 Å². The van der Waals surface area contributed by atoms with Gasteiger partial charge in [0.15, 0.2) is 0 Å². The summed E-state index contributed by atoms with van der Waals surface area (Å²) in [4.78, 5) is 43.3. The Morgan fingerprint density at radius 2 is 1.61 bits per heavy atom. The van der Waals surface area contributed by atoms with Gasteiger partial charge in [0.25, 0.3) is 0 Å². The molecule has 0 aliphatic heterocycles. The molecular weight excluding hydrogens is 514 g/mol. The fourth-order valence-electron chi connectivity index (χ4n) is 5.56. The van der Waals surface area contributed by atoms with Crippen LogP contribution in [-0.4, -0.2) is 47.0 Å². The highest BCUT2D eigenvalue weighted by molar-refractivity contribution is 5.92. The fraction of sp³-hybridized carbons (Fsp3) is 0.559. The van der Waals surface area contributed by atoms with E-state index in [2.05, 4.69) is 23.6 Å². The maximum absolute atomic E-state index is 14.5. The van der Waals surface area contributed by atoms with Crippen molar-refractivity contribution in [3.8, 4) is 0 Å². The Kier molecular flexibility index (Phi) is 11.8. The van der Waals surface area contributed by atoms with Crippen molar-refractivity contribution in [2.45, 2.75) is 117 Å². The second-order valence-electron chi connectivity index (χ2n) is 12.4. The summed E-state index contributed by atoms with van der Waals surface area (Å²) < 4.78 is 5.54. The molecule has 2 aromatic rings. The van der Waals surface area contributed by atoms with Crippen LogP contribution in [0.5, 0.6) is 0 Å². The molecule has 0 heterocycles. The van der Waals surface area contributed by atoms with Gasteiger partial charge in [-0.3, -0.25) is 9.59 Å². The number of alkyl carbamates (subject to hydrolysis) is 1. The average molecular weight is 564 g/mol. The molecule has 7 nitrogen and oxygen atoms in total. The molecule has 0 radical (unpaired) electrons. The zero-order chi connectivity index (χ0) is 30.0. The Bertz CT molecular complexity index is 1130. The summed E-state index contributed by atoms with van der Waals surface area (Å²) in [6, 6.07) is 14.1. The average Bonchev–Trinajstić information content (AvgIpc) is 2.89. The van der Waals surface area contributed by atoms with Gasteiger partial charge < -0.3 is 20.3 Å². The molecule has 2 aromatic carbocycles. The van der Waals surface area contributed by atoms with E-state index in [1.54, 1.807) is 25.7 Å². The summed E-state index contributed by atoms with van der Waals surface area (Å²) in [5.41, 5.74) is 3.05. The van der Waals surface area contributed by atoms with E-state index >= 15 is 0 Å². The number of carbonyl (C=O) groups excluding carboxylic acids is 3. The first-order valence-corrected chi connectivity index (χ1v) is 15.2. The van der Waals surface area contributed by atoms with Crippen molar-refractivity contribution >= 4 is 17.9 Å². The molecule has 0 aromatic heterocycles. The van der Waals surface area contributed by atoms with E-state index in [1.165, 1.54) is 6.42 Å². The molecule has 0 spiro atoms. The molecule has 224 valence electrons. The minimum Gasteiger partial charge on any atom is -0.444 e. The molecule has 2 unspecified atom stereocenters. The summed E-state index contributed by atoms with van der Waals surface area (Å²) >= 11 is 0. The third kappa shape index (κ3) is 10.2. The summed E-state index contributed by atoms with van der Waals surface area (Å²) in [5, 5.41) is 6.13. The summed E-state index contributed by atoms with van der Waals surface area (Å²) in [6.45, 7) is 11.9. The lowest BCUT2D eigenvalue weighted by Crippen LogP contribution is -2.54. The zero-order valence-electron chi connectivity index (χ0n) is 25.8. The Balaban J connectivity index is 2.03. The van der Waals surface area contributed by atoms with E-state index in [-0.39, 0.29) is 24.3 Å². The monoisotopic (exact) mass is 563 g/mol. The highest BCUT2D eigenvalue weighted by Crippen LogP contribution is 2.27. The standard InChI is InChI=1S/C34H49N3O4/c1-7-8-19-37(32(39)29(23-26-15-11-9-12-16-26)36-33(40)41-34(4,5)6)30(27-21-24(2)20-25(3)22-27)31(38)35-28-17-13-10-14-18-28/h9,11-12,15-16,20-22,28-30H,7-8,10,13-14,17-19,23H2,1-6H3,(H,35,38)(H,36,40).